The van der Waals surface area contributed by atoms with Gasteiger partial charge in [0, 0.05) is 7.11 Å². The maximum Gasteiger partial charge on any atom is 0.163 e. The summed E-state index contributed by atoms with van der Waals surface area (Å²) in [4.78, 5) is -0.848. The standard InChI is InChI=1S/C10H12ClNO/c1-13-10-4-2-8(3-5-10)6-9(10,11)7-12/h2,4,8H,3,5-6H2,1H3/t8-,9?,10-/m0/s1. The van der Waals surface area contributed by atoms with Crippen LogP contribution in [0.4, 0.5) is 0 Å². The number of methoxy groups -OCH3 is 1. The Balaban J connectivity index is 2.45. The summed E-state index contributed by atoms with van der Waals surface area (Å²) in [6, 6.07) is 2.19. The predicted octanol–water partition coefficient (Wildman–Crippen LogP) is 2.24. The van der Waals surface area contributed by atoms with E-state index in [4.69, 9.17) is 21.6 Å². The highest BCUT2D eigenvalue weighted by atomic mass is 35.5. The smallest absolute Gasteiger partial charge is 0.163 e. The first-order chi connectivity index (χ1) is 6.16. The molecule has 0 amide bonds. The second kappa shape index (κ2) is 2.73. The van der Waals surface area contributed by atoms with E-state index in [0.717, 1.165) is 19.3 Å². The van der Waals surface area contributed by atoms with E-state index in [-0.39, 0.29) is 0 Å². The third-order valence-electron chi connectivity index (χ3n) is 3.28. The Morgan fingerprint density at radius 2 is 2.46 bits per heavy atom. The lowest BCUT2D eigenvalue weighted by molar-refractivity contribution is -0.0304. The Hall–Kier alpha value is -0.520. The van der Waals surface area contributed by atoms with Crippen LogP contribution >= 0.6 is 11.6 Å². The largest absolute Gasteiger partial charge is 0.371 e. The predicted molar refractivity (Wildman–Crippen MR) is 50.4 cm³/mol. The minimum absolute atomic E-state index is 0.467. The van der Waals surface area contributed by atoms with E-state index in [1.807, 2.05) is 6.08 Å². The van der Waals surface area contributed by atoms with Crippen molar-refractivity contribution in [2.75, 3.05) is 7.11 Å². The van der Waals surface area contributed by atoms with Gasteiger partial charge in [-0.2, -0.15) is 5.26 Å². The van der Waals surface area contributed by atoms with Crippen LogP contribution in [0.2, 0.25) is 0 Å². The van der Waals surface area contributed by atoms with E-state index in [0.29, 0.717) is 5.92 Å². The zero-order valence-corrected chi connectivity index (χ0v) is 8.34. The van der Waals surface area contributed by atoms with E-state index in [9.17, 15) is 0 Å². The maximum atomic E-state index is 9.07. The zero-order chi connectivity index (χ0) is 9.53. The molecule has 3 atom stereocenters. The summed E-state index contributed by atoms with van der Waals surface area (Å²) in [6.45, 7) is 0. The van der Waals surface area contributed by atoms with Crippen molar-refractivity contribution in [2.24, 2.45) is 5.92 Å². The van der Waals surface area contributed by atoms with Crippen molar-refractivity contribution < 1.29 is 4.74 Å². The average Bonchev–Trinajstić information content (AvgIpc) is 2.19. The molecule has 0 saturated heterocycles. The minimum atomic E-state index is -0.848. The van der Waals surface area contributed by atoms with Crippen LogP contribution in [-0.4, -0.2) is 17.6 Å². The lowest BCUT2D eigenvalue weighted by Gasteiger charge is -2.48. The van der Waals surface area contributed by atoms with Gasteiger partial charge in [0.2, 0.25) is 0 Å². The SMILES string of the molecule is CO[C@@]12C=C[C@@H](CC1)CC2(Cl)C#N. The van der Waals surface area contributed by atoms with Gasteiger partial charge in [-0.3, -0.25) is 0 Å². The minimum Gasteiger partial charge on any atom is -0.371 e. The summed E-state index contributed by atoms with van der Waals surface area (Å²) in [6.07, 6.45) is 6.77. The quantitative estimate of drug-likeness (QED) is 0.477. The summed E-state index contributed by atoms with van der Waals surface area (Å²) in [7, 11) is 1.63. The molecule has 0 N–H and O–H groups in total. The number of rotatable bonds is 1. The van der Waals surface area contributed by atoms with E-state index >= 15 is 0 Å². The highest BCUT2D eigenvalue weighted by molar-refractivity contribution is 6.27. The molecule has 13 heavy (non-hydrogen) atoms. The van der Waals surface area contributed by atoms with Gasteiger partial charge in [0.15, 0.2) is 4.87 Å². The summed E-state index contributed by atoms with van der Waals surface area (Å²) in [5.41, 5.74) is -0.544. The van der Waals surface area contributed by atoms with Gasteiger partial charge in [0.05, 0.1) is 6.07 Å². The number of halogens is 1. The van der Waals surface area contributed by atoms with Gasteiger partial charge in [0.25, 0.3) is 0 Å². The van der Waals surface area contributed by atoms with Crippen molar-refractivity contribution in [3.8, 4) is 6.07 Å². The van der Waals surface area contributed by atoms with Crippen molar-refractivity contribution in [3.63, 3.8) is 0 Å². The fourth-order valence-corrected chi connectivity index (χ4v) is 2.81. The highest BCUT2D eigenvalue weighted by Crippen LogP contribution is 2.51. The summed E-state index contributed by atoms with van der Waals surface area (Å²) in [5.74, 6) is 0.467. The van der Waals surface area contributed by atoms with Crippen molar-refractivity contribution >= 4 is 11.6 Å². The van der Waals surface area contributed by atoms with Gasteiger partial charge in [-0.1, -0.05) is 23.8 Å². The molecule has 2 bridgehead atoms. The summed E-state index contributed by atoms with van der Waals surface area (Å²) >= 11 is 6.28. The van der Waals surface area contributed by atoms with Crippen LogP contribution in [-0.2, 0) is 4.74 Å². The van der Waals surface area contributed by atoms with Gasteiger partial charge in [-0.15, -0.1) is 0 Å². The Morgan fingerprint density at radius 1 is 1.69 bits per heavy atom. The molecule has 3 aliphatic carbocycles. The van der Waals surface area contributed by atoms with Crippen LogP contribution in [0.1, 0.15) is 19.3 Å². The van der Waals surface area contributed by atoms with Gasteiger partial charge in [-0.05, 0) is 25.2 Å². The average molecular weight is 198 g/mol. The summed E-state index contributed by atoms with van der Waals surface area (Å²) < 4.78 is 5.43. The number of nitriles is 1. The Bertz CT molecular complexity index is 296. The molecule has 0 aromatic carbocycles. The van der Waals surface area contributed by atoms with E-state index in [1.54, 1.807) is 7.11 Å². The molecule has 0 aromatic rings. The molecule has 0 aliphatic heterocycles. The number of fused-ring (bicyclic) bond motifs is 2. The lowest BCUT2D eigenvalue weighted by Crippen LogP contribution is -2.55. The number of nitrogens with zero attached hydrogens (tertiary/aromatic N) is 1. The molecule has 1 saturated carbocycles. The first kappa shape index (κ1) is 9.05. The molecule has 2 nitrogen and oxygen atoms in total. The Kier molecular flexibility index (Phi) is 1.90. The number of ether oxygens (including phenoxy) is 1. The van der Waals surface area contributed by atoms with Gasteiger partial charge >= 0.3 is 0 Å². The van der Waals surface area contributed by atoms with Crippen molar-refractivity contribution in [3.05, 3.63) is 12.2 Å². The highest BCUT2D eigenvalue weighted by Gasteiger charge is 2.56. The number of hydrogen-bond donors (Lipinski definition) is 0. The van der Waals surface area contributed by atoms with Crippen molar-refractivity contribution in [2.45, 2.75) is 29.7 Å². The van der Waals surface area contributed by atoms with Crippen LogP contribution in [0.15, 0.2) is 12.2 Å². The lowest BCUT2D eigenvalue weighted by atomic mass is 9.66. The molecule has 3 heteroatoms. The molecule has 3 aliphatic rings. The van der Waals surface area contributed by atoms with Gasteiger partial charge in [-0.25, -0.2) is 0 Å². The van der Waals surface area contributed by atoms with Gasteiger partial charge < -0.3 is 4.74 Å². The maximum absolute atomic E-state index is 9.07. The Morgan fingerprint density at radius 3 is 2.85 bits per heavy atom. The molecule has 0 aromatic heterocycles. The third-order valence-corrected chi connectivity index (χ3v) is 3.84. The first-order valence-corrected chi connectivity index (χ1v) is 4.88. The van der Waals surface area contributed by atoms with Crippen LogP contribution in [0.25, 0.3) is 0 Å². The normalized spacial score (nSPS) is 47.6. The Labute approximate surface area is 83.1 Å². The monoisotopic (exact) mass is 197 g/mol. The van der Waals surface area contributed by atoms with Crippen LogP contribution < -0.4 is 0 Å². The molecule has 0 radical (unpaired) electrons. The van der Waals surface area contributed by atoms with Crippen molar-refractivity contribution in [1.29, 1.82) is 5.26 Å². The van der Waals surface area contributed by atoms with Gasteiger partial charge in [0.1, 0.15) is 5.60 Å². The van der Waals surface area contributed by atoms with Crippen molar-refractivity contribution in [1.82, 2.24) is 0 Å². The second-order valence-corrected chi connectivity index (χ2v) is 4.51. The summed E-state index contributed by atoms with van der Waals surface area (Å²) in [5, 5.41) is 9.07. The fourth-order valence-electron chi connectivity index (χ4n) is 2.38. The molecule has 0 heterocycles. The van der Waals surface area contributed by atoms with E-state index in [1.165, 1.54) is 0 Å². The van der Waals surface area contributed by atoms with E-state index in [2.05, 4.69) is 12.1 Å². The fraction of sp³-hybridized carbons (Fsp3) is 0.700. The molecule has 1 unspecified atom stereocenters. The number of hydrogen-bond acceptors (Lipinski definition) is 2. The first-order valence-electron chi connectivity index (χ1n) is 4.50. The third kappa shape index (κ3) is 1.04. The zero-order valence-electron chi connectivity index (χ0n) is 7.59. The number of allylic oxidation sites excluding steroid dienone is 1. The second-order valence-electron chi connectivity index (χ2n) is 3.87. The molecule has 0 spiro atoms. The molecular weight excluding hydrogens is 186 g/mol. The van der Waals surface area contributed by atoms with Crippen LogP contribution in [0.3, 0.4) is 0 Å². The number of alkyl halides is 1. The van der Waals surface area contributed by atoms with Crippen LogP contribution in [0, 0.1) is 17.2 Å². The molecule has 1 fully saturated rings. The molecular formula is C10H12ClNO. The topological polar surface area (TPSA) is 33.0 Å². The molecule has 70 valence electrons. The van der Waals surface area contributed by atoms with E-state index < -0.39 is 10.5 Å². The van der Waals surface area contributed by atoms with Crippen LogP contribution in [0.5, 0.6) is 0 Å². The molecule has 3 rings (SSSR count).